The number of benzene rings is 2. The molecule has 1 aromatic heterocycles. The number of hydrogen-bond acceptors (Lipinski definition) is 7. The largest absolute Gasteiger partial charge is 0.462 e. The highest BCUT2D eigenvalue weighted by Gasteiger charge is 2.23. The second-order valence-corrected chi connectivity index (χ2v) is 7.13. The summed E-state index contributed by atoms with van der Waals surface area (Å²) in [4.78, 5) is 35.3. The first-order valence-electron chi connectivity index (χ1n) is 8.62. The van der Waals surface area contributed by atoms with Crippen LogP contribution in [0.2, 0.25) is 0 Å². The van der Waals surface area contributed by atoms with Gasteiger partial charge in [0.15, 0.2) is 0 Å². The summed E-state index contributed by atoms with van der Waals surface area (Å²) in [6, 6.07) is 8.39. The first-order valence-corrected chi connectivity index (χ1v) is 9.44. The standard InChI is InChI=1S/C20H16FNO6S/c1-3-27-20(24)18-13(17-14(21)5-4-6-16(17)29-18)10-28-19(23)12-8-7-11(2)15(9-12)22(25)26/h4-9H,3,10H2,1-2H3. The molecule has 0 unspecified atom stereocenters. The molecule has 0 amide bonds. The van der Waals surface area contributed by atoms with Crippen molar-refractivity contribution in [2.45, 2.75) is 20.5 Å². The molecule has 0 bridgehead atoms. The van der Waals surface area contributed by atoms with E-state index >= 15 is 0 Å². The number of carbonyl (C=O) groups is 2. The second kappa shape index (κ2) is 8.36. The predicted octanol–water partition coefficient (Wildman–Crippen LogP) is 4.79. The maximum atomic E-state index is 14.4. The molecule has 0 fully saturated rings. The minimum atomic E-state index is -0.821. The van der Waals surface area contributed by atoms with Gasteiger partial charge in [0.25, 0.3) is 5.69 Å². The number of rotatable bonds is 6. The number of nitro benzene ring substituents is 1. The van der Waals surface area contributed by atoms with Crippen LogP contribution in [-0.4, -0.2) is 23.5 Å². The minimum Gasteiger partial charge on any atom is -0.462 e. The molecular weight excluding hydrogens is 401 g/mol. The SMILES string of the molecule is CCOC(=O)c1sc2cccc(F)c2c1COC(=O)c1ccc(C)c([N+](=O)[O-])c1. The van der Waals surface area contributed by atoms with Crippen LogP contribution in [0.1, 0.15) is 38.1 Å². The smallest absolute Gasteiger partial charge is 0.348 e. The van der Waals surface area contributed by atoms with Crippen LogP contribution in [-0.2, 0) is 16.1 Å². The van der Waals surface area contributed by atoms with Crippen molar-refractivity contribution in [2.75, 3.05) is 6.61 Å². The van der Waals surface area contributed by atoms with Crippen LogP contribution < -0.4 is 0 Å². The average Bonchev–Trinajstić information content (AvgIpc) is 3.06. The Balaban J connectivity index is 1.93. The van der Waals surface area contributed by atoms with E-state index < -0.39 is 22.7 Å². The van der Waals surface area contributed by atoms with E-state index in [2.05, 4.69) is 0 Å². The Morgan fingerprint density at radius 2 is 1.93 bits per heavy atom. The molecule has 9 heteroatoms. The number of nitro groups is 1. The van der Waals surface area contributed by atoms with Crippen LogP contribution >= 0.6 is 11.3 Å². The molecule has 0 aliphatic rings. The Bertz CT molecular complexity index is 1120. The lowest BCUT2D eigenvalue weighted by molar-refractivity contribution is -0.385. The quantitative estimate of drug-likeness (QED) is 0.325. The van der Waals surface area contributed by atoms with Gasteiger partial charge < -0.3 is 9.47 Å². The van der Waals surface area contributed by atoms with E-state index in [-0.39, 0.29) is 40.3 Å². The van der Waals surface area contributed by atoms with Crippen molar-refractivity contribution in [3.63, 3.8) is 0 Å². The second-order valence-electron chi connectivity index (χ2n) is 6.08. The maximum Gasteiger partial charge on any atom is 0.348 e. The highest BCUT2D eigenvalue weighted by molar-refractivity contribution is 7.21. The third-order valence-electron chi connectivity index (χ3n) is 4.21. The van der Waals surface area contributed by atoms with Crippen LogP contribution in [0.3, 0.4) is 0 Å². The highest BCUT2D eigenvalue weighted by atomic mass is 32.1. The number of hydrogen-bond donors (Lipinski definition) is 0. The van der Waals surface area contributed by atoms with E-state index in [4.69, 9.17) is 9.47 Å². The van der Waals surface area contributed by atoms with Crippen molar-refractivity contribution >= 4 is 39.0 Å². The topological polar surface area (TPSA) is 95.7 Å². The van der Waals surface area contributed by atoms with Crippen LogP contribution in [0, 0.1) is 22.9 Å². The number of halogens is 1. The van der Waals surface area contributed by atoms with Crippen molar-refractivity contribution in [1.82, 2.24) is 0 Å². The van der Waals surface area contributed by atoms with Crippen molar-refractivity contribution < 1.29 is 28.4 Å². The van der Waals surface area contributed by atoms with Crippen LogP contribution in [0.4, 0.5) is 10.1 Å². The predicted molar refractivity (Wildman–Crippen MR) is 105 cm³/mol. The zero-order valence-corrected chi connectivity index (χ0v) is 16.4. The monoisotopic (exact) mass is 417 g/mol. The lowest BCUT2D eigenvalue weighted by atomic mass is 10.1. The van der Waals surface area contributed by atoms with Crippen LogP contribution in [0.15, 0.2) is 36.4 Å². The van der Waals surface area contributed by atoms with E-state index in [1.54, 1.807) is 19.9 Å². The molecule has 0 N–H and O–H groups in total. The Kier molecular flexibility index (Phi) is 5.88. The first kappa shape index (κ1) is 20.4. The third-order valence-corrected chi connectivity index (χ3v) is 5.39. The number of fused-ring (bicyclic) bond motifs is 1. The zero-order valence-electron chi connectivity index (χ0n) is 15.6. The van der Waals surface area contributed by atoms with E-state index in [0.29, 0.717) is 10.3 Å². The molecule has 0 saturated heterocycles. The normalized spacial score (nSPS) is 10.7. The highest BCUT2D eigenvalue weighted by Crippen LogP contribution is 2.34. The molecule has 29 heavy (non-hydrogen) atoms. The van der Waals surface area contributed by atoms with Crippen molar-refractivity contribution in [3.8, 4) is 0 Å². The molecule has 2 aromatic carbocycles. The van der Waals surface area contributed by atoms with Gasteiger partial charge in [-0.25, -0.2) is 14.0 Å². The fourth-order valence-corrected chi connectivity index (χ4v) is 3.94. The molecule has 0 aliphatic carbocycles. The van der Waals surface area contributed by atoms with Crippen molar-refractivity contribution in [2.24, 2.45) is 0 Å². The van der Waals surface area contributed by atoms with Crippen molar-refractivity contribution in [1.29, 1.82) is 0 Å². The van der Waals surface area contributed by atoms with Gasteiger partial charge in [0, 0.05) is 27.3 Å². The maximum absolute atomic E-state index is 14.4. The molecule has 0 spiro atoms. The number of thiophene rings is 1. The van der Waals surface area contributed by atoms with Gasteiger partial charge in [-0.15, -0.1) is 11.3 Å². The Morgan fingerprint density at radius 3 is 2.62 bits per heavy atom. The van der Waals surface area contributed by atoms with Gasteiger partial charge in [-0.3, -0.25) is 10.1 Å². The number of nitrogens with zero attached hydrogens (tertiary/aromatic N) is 1. The lowest BCUT2D eigenvalue weighted by Crippen LogP contribution is -2.10. The number of esters is 2. The van der Waals surface area contributed by atoms with Gasteiger partial charge in [-0.1, -0.05) is 12.1 Å². The molecule has 0 atom stereocenters. The molecule has 1 heterocycles. The number of ether oxygens (including phenoxy) is 2. The van der Waals surface area contributed by atoms with Gasteiger partial charge in [0.2, 0.25) is 0 Å². The fraction of sp³-hybridized carbons (Fsp3) is 0.200. The minimum absolute atomic E-state index is 0.0139. The van der Waals surface area contributed by atoms with Crippen LogP contribution in [0.5, 0.6) is 0 Å². The molecule has 0 saturated carbocycles. The average molecular weight is 417 g/mol. The summed E-state index contributed by atoms with van der Waals surface area (Å²) in [6.45, 7) is 2.96. The molecule has 0 radical (unpaired) electrons. The summed E-state index contributed by atoms with van der Waals surface area (Å²) >= 11 is 1.05. The lowest BCUT2D eigenvalue weighted by Gasteiger charge is -2.08. The van der Waals surface area contributed by atoms with E-state index in [9.17, 15) is 24.1 Å². The Morgan fingerprint density at radius 1 is 1.17 bits per heavy atom. The first-order chi connectivity index (χ1) is 13.8. The zero-order chi connectivity index (χ0) is 21.1. The summed E-state index contributed by atoms with van der Waals surface area (Å²) < 4.78 is 25.2. The summed E-state index contributed by atoms with van der Waals surface area (Å²) in [5.74, 6) is -2.00. The summed E-state index contributed by atoms with van der Waals surface area (Å²) in [5.41, 5.74) is 0.386. The summed E-state index contributed by atoms with van der Waals surface area (Å²) in [7, 11) is 0. The molecule has 150 valence electrons. The Labute approximate surface area is 168 Å². The summed E-state index contributed by atoms with van der Waals surface area (Å²) in [5, 5.41) is 11.3. The number of carbonyl (C=O) groups excluding carboxylic acids is 2. The van der Waals surface area contributed by atoms with Gasteiger partial charge >= 0.3 is 11.9 Å². The number of aryl methyl sites for hydroxylation is 1. The van der Waals surface area contributed by atoms with Crippen LogP contribution in [0.25, 0.3) is 10.1 Å². The molecule has 0 aliphatic heterocycles. The third kappa shape index (κ3) is 4.09. The van der Waals surface area contributed by atoms with Crippen molar-refractivity contribution in [3.05, 3.63) is 73.9 Å². The van der Waals surface area contributed by atoms with E-state index in [1.807, 2.05) is 0 Å². The van der Waals surface area contributed by atoms with Gasteiger partial charge in [-0.2, -0.15) is 0 Å². The molecule has 3 aromatic rings. The molecular formula is C20H16FNO6S. The summed E-state index contributed by atoms with van der Waals surface area (Å²) in [6.07, 6.45) is 0. The van der Waals surface area contributed by atoms with Gasteiger partial charge in [0.1, 0.15) is 17.3 Å². The fourth-order valence-electron chi connectivity index (χ4n) is 2.82. The molecule has 7 nitrogen and oxygen atoms in total. The molecule has 3 rings (SSSR count). The van der Waals surface area contributed by atoms with E-state index in [1.165, 1.54) is 24.3 Å². The van der Waals surface area contributed by atoms with E-state index in [0.717, 1.165) is 17.4 Å². The van der Waals surface area contributed by atoms with Gasteiger partial charge in [0.05, 0.1) is 17.1 Å². The Hall–Kier alpha value is -3.33. The van der Waals surface area contributed by atoms with Gasteiger partial charge in [-0.05, 0) is 32.0 Å².